The van der Waals surface area contributed by atoms with Crippen LogP contribution in [0.15, 0.2) is 53.3 Å². The van der Waals surface area contributed by atoms with Crippen molar-refractivity contribution in [1.29, 1.82) is 0 Å². The Labute approximate surface area is 161 Å². The van der Waals surface area contributed by atoms with Gasteiger partial charge in [-0.3, -0.25) is 19.5 Å². The van der Waals surface area contributed by atoms with Crippen molar-refractivity contribution in [3.05, 3.63) is 58.8 Å². The van der Waals surface area contributed by atoms with Gasteiger partial charge in [0.05, 0.1) is 6.54 Å². The van der Waals surface area contributed by atoms with E-state index in [4.69, 9.17) is 0 Å². The maximum absolute atomic E-state index is 12.6. The average Bonchev–Trinajstić information content (AvgIpc) is 2.87. The van der Waals surface area contributed by atoms with Crippen molar-refractivity contribution in [3.63, 3.8) is 0 Å². The smallest absolute Gasteiger partial charge is 0.254 e. The number of pyridine rings is 1. The molecule has 1 aromatic carbocycles. The Kier molecular flexibility index (Phi) is 6.35. The SMILES string of the molecule is O=C(CN1CCCN(C(=O)c2ccncc2)CC1)Nc1cccc(Br)c1. The van der Waals surface area contributed by atoms with Crippen LogP contribution in [0.3, 0.4) is 0 Å². The van der Waals surface area contributed by atoms with Gasteiger partial charge >= 0.3 is 0 Å². The van der Waals surface area contributed by atoms with Crippen molar-refractivity contribution in [2.75, 3.05) is 38.0 Å². The Morgan fingerprint density at radius 2 is 1.88 bits per heavy atom. The Balaban J connectivity index is 1.52. The molecule has 2 aromatic rings. The highest BCUT2D eigenvalue weighted by Crippen LogP contribution is 2.15. The topological polar surface area (TPSA) is 65.5 Å². The lowest BCUT2D eigenvalue weighted by molar-refractivity contribution is -0.117. The van der Waals surface area contributed by atoms with Crippen LogP contribution in [0.25, 0.3) is 0 Å². The van der Waals surface area contributed by atoms with Gasteiger partial charge in [-0.05, 0) is 36.8 Å². The summed E-state index contributed by atoms with van der Waals surface area (Å²) in [6.45, 7) is 3.12. The zero-order chi connectivity index (χ0) is 18.4. The quantitative estimate of drug-likeness (QED) is 0.831. The second-order valence-electron chi connectivity index (χ2n) is 6.22. The van der Waals surface area contributed by atoms with Crippen molar-refractivity contribution in [3.8, 4) is 0 Å². The van der Waals surface area contributed by atoms with Crippen molar-refractivity contribution >= 4 is 33.4 Å². The summed E-state index contributed by atoms with van der Waals surface area (Å²) < 4.78 is 0.926. The molecule has 0 spiro atoms. The molecule has 0 unspecified atom stereocenters. The summed E-state index contributed by atoms with van der Waals surface area (Å²) in [7, 11) is 0. The molecule has 1 N–H and O–H groups in total. The summed E-state index contributed by atoms with van der Waals surface area (Å²) in [5.41, 5.74) is 1.43. The fourth-order valence-electron chi connectivity index (χ4n) is 2.98. The second kappa shape index (κ2) is 8.91. The lowest BCUT2D eigenvalue weighted by Crippen LogP contribution is -2.38. The summed E-state index contributed by atoms with van der Waals surface area (Å²) in [5, 5.41) is 2.91. The number of carbonyl (C=O) groups excluding carboxylic acids is 2. The third-order valence-electron chi connectivity index (χ3n) is 4.28. The molecule has 2 amide bonds. The predicted molar refractivity (Wildman–Crippen MR) is 104 cm³/mol. The van der Waals surface area contributed by atoms with E-state index in [9.17, 15) is 9.59 Å². The highest BCUT2D eigenvalue weighted by atomic mass is 79.9. The van der Waals surface area contributed by atoms with Crippen LogP contribution in [0.1, 0.15) is 16.8 Å². The Morgan fingerprint density at radius 3 is 2.65 bits per heavy atom. The largest absolute Gasteiger partial charge is 0.337 e. The lowest BCUT2D eigenvalue weighted by atomic mass is 10.2. The molecule has 0 bridgehead atoms. The third-order valence-corrected chi connectivity index (χ3v) is 4.77. The van der Waals surface area contributed by atoms with Gasteiger partial charge in [-0.2, -0.15) is 0 Å². The van der Waals surface area contributed by atoms with E-state index in [-0.39, 0.29) is 11.8 Å². The fraction of sp³-hybridized carbons (Fsp3) is 0.316. The van der Waals surface area contributed by atoms with Gasteiger partial charge in [0.2, 0.25) is 5.91 Å². The second-order valence-corrected chi connectivity index (χ2v) is 7.13. The highest BCUT2D eigenvalue weighted by molar-refractivity contribution is 9.10. The van der Waals surface area contributed by atoms with E-state index in [0.29, 0.717) is 31.7 Å². The molecule has 3 rings (SSSR count). The number of nitrogens with zero attached hydrogens (tertiary/aromatic N) is 3. The predicted octanol–water partition coefficient (Wildman–Crippen LogP) is 2.63. The molecule has 0 saturated carbocycles. The number of carbonyl (C=O) groups is 2. The van der Waals surface area contributed by atoms with E-state index in [2.05, 4.69) is 31.1 Å². The summed E-state index contributed by atoms with van der Waals surface area (Å²) >= 11 is 3.40. The van der Waals surface area contributed by atoms with Crippen LogP contribution in [-0.2, 0) is 4.79 Å². The van der Waals surface area contributed by atoms with Crippen LogP contribution in [-0.4, -0.2) is 59.3 Å². The Bertz CT molecular complexity index is 769. The minimum atomic E-state index is -0.0444. The molecule has 1 saturated heterocycles. The Hall–Kier alpha value is -2.25. The number of halogens is 1. The summed E-state index contributed by atoms with van der Waals surface area (Å²) in [6.07, 6.45) is 4.11. The standard InChI is InChI=1S/C19H21BrN4O2/c20-16-3-1-4-17(13-16)22-18(25)14-23-9-2-10-24(12-11-23)19(26)15-5-7-21-8-6-15/h1,3-8,13H,2,9-12,14H2,(H,22,25). The average molecular weight is 417 g/mol. The Morgan fingerprint density at radius 1 is 1.08 bits per heavy atom. The van der Waals surface area contributed by atoms with Gasteiger partial charge in [0.25, 0.3) is 5.91 Å². The minimum Gasteiger partial charge on any atom is -0.337 e. The first-order valence-electron chi connectivity index (χ1n) is 8.59. The van der Waals surface area contributed by atoms with Crippen LogP contribution >= 0.6 is 15.9 Å². The van der Waals surface area contributed by atoms with Crippen LogP contribution in [0.2, 0.25) is 0 Å². The monoisotopic (exact) mass is 416 g/mol. The molecular formula is C19H21BrN4O2. The number of hydrogen-bond acceptors (Lipinski definition) is 4. The molecule has 0 radical (unpaired) electrons. The van der Waals surface area contributed by atoms with Crippen molar-refractivity contribution in [2.24, 2.45) is 0 Å². The minimum absolute atomic E-state index is 0.0211. The molecule has 7 heteroatoms. The van der Waals surface area contributed by atoms with Crippen molar-refractivity contribution in [2.45, 2.75) is 6.42 Å². The van der Waals surface area contributed by atoms with Gasteiger partial charge in [0.15, 0.2) is 0 Å². The molecule has 6 nitrogen and oxygen atoms in total. The molecule has 136 valence electrons. The zero-order valence-corrected chi connectivity index (χ0v) is 16.0. The van der Waals surface area contributed by atoms with E-state index in [0.717, 1.165) is 23.1 Å². The van der Waals surface area contributed by atoms with Gasteiger partial charge in [0, 0.05) is 54.3 Å². The number of rotatable bonds is 4. The van der Waals surface area contributed by atoms with Gasteiger partial charge in [-0.25, -0.2) is 0 Å². The van der Waals surface area contributed by atoms with Crippen LogP contribution in [0.4, 0.5) is 5.69 Å². The number of anilines is 1. The first-order valence-corrected chi connectivity index (χ1v) is 9.38. The van der Waals surface area contributed by atoms with E-state index in [1.54, 1.807) is 24.5 Å². The maximum atomic E-state index is 12.6. The van der Waals surface area contributed by atoms with Gasteiger partial charge in [-0.1, -0.05) is 22.0 Å². The first kappa shape index (κ1) is 18.5. The molecule has 1 aliphatic heterocycles. The van der Waals surface area contributed by atoms with Gasteiger partial charge in [0.1, 0.15) is 0 Å². The number of nitrogens with one attached hydrogen (secondary N) is 1. The fourth-order valence-corrected chi connectivity index (χ4v) is 3.38. The number of amides is 2. The molecule has 1 aromatic heterocycles. The van der Waals surface area contributed by atoms with E-state index in [1.165, 1.54) is 0 Å². The van der Waals surface area contributed by atoms with Gasteiger partial charge < -0.3 is 10.2 Å². The first-order chi connectivity index (χ1) is 12.6. The molecule has 0 atom stereocenters. The third kappa shape index (κ3) is 5.12. The lowest BCUT2D eigenvalue weighted by Gasteiger charge is -2.21. The molecule has 2 heterocycles. The van der Waals surface area contributed by atoms with Gasteiger partial charge in [-0.15, -0.1) is 0 Å². The zero-order valence-electron chi connectivity index (χ0n) is 14.4. The number of benzene rings is 1. The molecule has 1 fully saturated rings. The van der Waals surface area contributed by atoms with Crippen molar-refractivity contribution in [1.82, 2.24) is 14.8 Å². The summed E-state index contributed by atoms with van der Waals surface area (Å²) in [5.74, 6) is -0.0233. The van der Waals surface area contributed by atoms with Crippen LogP contribution in [0, 0.1) is 0 Å². The van der Waals surface area contributed by atoms with E-state index >= 15 is 0 Å². The highest BCUT2D eigenvalue weighted by Gasteiger charge is 2.21. The number of hydrogen-bond donors (Lipinski definition) is 1. The summed E-state index contributed by atoms with van der Waals surface area (Å²) in [4.78, 5) is 32.7. The van der Waals surface area contributed by atoms with E-state index < -0.39 is 0 Å². The number of aromatic nitrogens is 1. The van der Waals surface area contributed by atoms with E-state index in [1.807, 2.05) is 29.2 Å². The van der Waals surface area contributed by atoms with Crippen LogP contribution in [0.5, 0.6) is 0 Å². The maximum Gasteiger partial charge on any atom is 0.254 e. The normalized spacial score (nSPS) is 15.3. The summed E-state index contributed by atoms with van der Waals surface area (Å²) in [6, 6.07) is 11.0. The molecular weight excluding hydrogens is 396 g/mol. The van der Waals surface area contributed by atoms with Crippen LogP contribution < -0.4 is 5.32 Å². The molecule has 26 heavy (non-hydrogen) atoms. The van der Waals surface area contributed by atoms with Crippen molar-refractivity contribution < 1.29 is 9.59 Å². The molecule has 1 aliphatic rings. The molecule has 0 aliphatic carbocycles.